The Labute approximate surface area is 113 Å². The van der Waals surface area contributed by atoms with Crippen molar-refractivity contribution in [2.75, 3.05) is 13.1 Å². The van der Waals surface area contributed by atoms with E-state index in [0.29, 0.717) is 30.8 Å². The molecule has 1 aromatic rings. The molecular formula is C14H22N2OS. The number of amides is 1. The minimum atomic E-state index is 0.301. The van der Waals surface area contributed by atoms with E-state index in [1.807, 2.05) is 4.90 Å². The van der Waals surface area contributed by atoms with Crippen LogP contribution in [0.2, 0.25) is 0 Å². The first kappa shape index (κ1) is 13.6. The topological polar surface area (TPSA) is 46.3 Å². The summed E-state index contributed by atoms with van der Waals surface area (Å²) in [6, 6.07) is 4.57. The molecule has 0 radical (unpaired) electrons. The van der Waals surface area contributed by atoms with Crippen LogP contribution in [0, 0.1) is 5.92 Å². The minimum absolute atomic E-state index is 0.301. The zero-order chi connectivity index (χ0) is 13.0. The summed E-state index contributed by atoms with van der Waals surface area (Å²) in [4.78, 5) is 15.5. The van der Waals surface area contributed by atoms with Crippen LogP contribution in [0.3, 0.4) is 0 Å². The molecule has 1 aromatic heterocycles. The van der Waals surface area contributed by atoms with Gasteiger partial charge in [0.05, 0.1) is 0 Å². The number of nitrogens with zero attached hydrogens (tertiary/aromatic N) is 1. The number of nitrogens with two attached hydrogens (primary N) is 1. The predicted octanol–water partition coefficient (Wildman–Crippen LogP) is 2.27. The van der Waals surface area contributed by atoms with Crippen molar-refractivity contribution in [3.8, 4) is 0 Å². The van der Waals surface area contributed by atoms with E-state index in [2.05, 4.69) is 24.4 Å². The van der Waals surface area contributed by atoms with Crippen molar-refractivity contribution in [2.45, 2.75) is 38.6 Å². The van der Waals surface area contributed by atoms with Gasteiger partial charge in [0.1, 0.15) is 0 Å². The largest absolute Gasteiger partial charge is 0.340 e. The highest BCUT2D eigenvalue weighted by molar-refractivity contribution is 7.09. The maximum atomic E-state index is 12.1. The van der Waals surface area contributed by atoms with Gasteiger partial charge in [-0.05, 0) is 50.1 Å². The van der Waals surface area contributed by atoms with E-state index >= 15 is 0 Å². The third kappa shape index (κ3) is 3.33. The highest BCUT2D eigenvalue weighted by Crippen LogP contribution is 2.23. The molecule has 0 spiro atoms. The first-order valence-electron chi connectivity index (χ1n) is 6.72. The fourth-order valence-corrected chi connectivity index (χ4v) is 3.42. The maximum absolute atomic E-state index is 12.1. The molecule has 2 heterocycles. The molecule has 0 aliphatic carbocycles. The Morgan fingerprint density at radius 2 is 2.44 bits per heavy atom. The zero-order valence-electron chi connectivity index (χ0n) is 11.0. The van der Waals surface area contributed by atoms with E-state index < -0.39 is 0 Å². The molecule has 0 saturated carbocycles. The Morgan fingerprint density at radius 1 is 1.61 bits per heavy atom. The van der Waals surface area contributed by atoms with Crippen molar-refractivity contribution in [1.29, 1.82) is 0 Å². The molecule has 2 atom stereocenters. The summed E-state index contributed by atoms with van der Waals surface area (Å²) in [5.74, 6) is 0.802. The van der Waals surface area contributed by atoms with Crippen molar-refractivity contribution in [2.24, 2.45) is 11.7 Å². The predicted molar refractivity (Wildman–Crippen MR) is 75.6 cm³/mol. The molecule has 1 fully saturated rings. The summed E-state index contributed by atoms with van der Waals surface area (Å²) < 4.78 is 0. The number of rotatable bonds is 5. The highest BCUT2D eigenvalue weighted by atomic mass is 32.1. The van der Waals surface area contributed by atoms with Crippen LogP contribution in [0.4, 0.5) is 0 Å². The number of thiophene rings is 1. The quantitative estimate of drug-likeness (QED) is 0.888. The smallest absolute Gasteiger partial charge is 0.222 e. The molecule has 4 heteroatoms. The second kappa shape index (κ2) is 6.34. The lowest BCUT2D eigenvalue weighted by molar-refractivity contribution is -0.131. The summed E-state index contributed by atoms with van der Waals surface area (Å²) in [5, 5.41) is 2.09. The van der Waals surface area contributed by atoms with Crippen LogP contribution < -0.4 is 5.73 Å². The Morgan fingerprint density at radius 3 is 3.06 bits per heavy atom. The standard InChI is InChI=1S/C14H22N2OS/c1-11-8-12(9-15)10-16(11)14(17)6-2-4-13-5-3-7-18-13/h3,5,7,11-12H,2,4,6,8-10,15H2,1H3. The summed E-state index contributed by atoms with van der Waals surface area (Å²) in [6.45, 7) is 3.69. The fraction of sp³-hybridized carbons (Fsp3) is 0.643. The van der Waals surface area contributed by atoms with E-state index in [4.69, 9.17) is 5.73 Å². The Hall–Kier alpha value is -0.870. The van der Waals surface area contributed by atoms with E-state index in [-0.39, 0.29) is 0 Å². The van der Waals surface area contributed by atoms with Crippen molar-refractivity contribution in [1.82, 2.24) is 4.90 Å². The van der Waals surface area contributed by atoms with Crippen molar-refractivity contribution in [3.05, 3.63) is 22.4 Å². The number of carbonyl (C=O) groups excluding carboxylic acids is 1. The molecule has 2 unspecified atom stereocenters. The highest BCUT2D eigenvalue weighted by Gasteiger charge is 2.30. The van der Waals surface area contributed by atoms with Crippen LogP contribution in [0.15, 0.2) is 17.5 Å². The second-order valence-electron chi connectivity index (χ2n) is 5.17. The number of likely N-dealkylation sites (tertiary alicyclic amines) is 1. The van der Waals surface area contributed by atoms with Gasteiger partial charge in [0, 0.05) is 23.9 Å². The van der Waals surface area contributed by atoms with Crippen LogP contribution >= 0.6 is 11.3 Å². The molecule has 1 aliphatic heterocycles. The lowest BCUT2D eigenvalue weighted by Crippen LogP contribution is -2.34. The van der Waals surface area contributed by atoms with Crippen LogP contribution in [-0.2, 0) is 11.2 Å². The van der Waals surface area contributed by atoms with Gasteiger partial charge in [-0.3, -0.25) is 4.79 Å². The van der Waals surface area contributed by atoms with E-state index in [1.165, 1.54) is 4.88 Å². The molecule has 3 nitrogen and oxygen atoms in total. The lowest BCUT2D eigenvalue weighted by Gasteiger charge is -2.21. The van der Waals surface area contributed by atoms with Crippen LogP contribution in [-0.4, -0.2) is 29.9 Å². The molecule has 1 aliphatic rings. The van der Waals surface area contributed by atoms with Gasteiger partial charge in [0.2, 0.25) is 5.91 Å². The van der Waals surface area contributed by atoms with E-state index in [9.17, 15) is 4.79 Å². The average molecular weight is 266 g/mol. The van der Waals surface area contributed by atoms with Gasteiger partial charge < -0.3 is 10.6 Å². The van der Waals surface area contributed by atoms with Crippen molar-refractivity contribution < 1.29 is 4.79 Å². The van der Waals surface area contributed by atoms with Gasteiger partial charge in [-0.15, -0.1) is 11.3 Å². The summed E-state index contributed by atoms with van der Waals surface area (Å²) in [7, 11) is 0. The van der Waals surface area contributed by atoms with Gasteiger partial charge in [0.25, 0.3) is 0 Å². The molecular weight excluding hydrogens is 244 g/mol. The summed E-state index contributed by atoms with van der Waals surface area (Å²) in [5.41, 5.74) is 5.69. The number of hydrogen-bond acceptors (Lipinski definition) is 3. The Kier molecular flexibility index (Phi) is 4.78. The molecule has 1 saturated heterocycles. The van der Waals surface area contributed by atoms with Crippen molar-refractivity contribution in [3.63, 3.8) is 0 Å². The Balaban J connectivity index is 1.74. The van der Waals surface area contributed by atoms with Crippen LogP contribution in [0.25, 0.3) is 0 Å². The van der Waals surface area contributed by atoms with Gasteiger partial charge in [0.15, 0.2) is 0 Å². The van der Waals surface area contributed by atoms with Crippen LogP contribution in [0.1, 0.15) is 31.1 Å². The van der Waals surface area contributed by atoms with Crippen molar-refractivity contribution >= 4 is 17.2 Å². The molecule has 2 rings (SSSR count). The minimum Gasteiger partial charge on any atom is -0.340 e. The molecule has 2 N–H and O–H groups in total. The average Bonchev–Trinajstić information content (AvgIpc) is 2.98. The fourth-order valence-electron chi connectivity index (χ4n) is 2.67. The van der Waals surface area contributed by atoms with Crippen LogP contribution in [0.5, 0.6) is 0 Å². The van der Waals surface area contributed by atoms with E-state index in [0.717, 1.165) is 25.8 Å². The molecule has 18 heavy (non-hydrogen) atoms. The SMILES string of the molecule is CC1CC(CN)CN1C(=O)CCCc1cccs1. The molecule has 100 valence electrons. The maximum Gasteiger partial charge on any atom is 0.222 e. The Bertz CT molecular complexity index is 377. The molecule has 0 bridgehead atoms. The monoisotopic (exact) mass is 266 g/mol. The molecule has 0 aromatic carbocycles. The first-order valence-corrected chi connectivity index (χ1v) is 7.60. The normalized spacial score (nSPS) is 23.6. The van der Waals surface area contributed by atoms with Gasteiger partial charge >= 0.3 is 0 Å². The number of carbonyl (C=O) groups is 1. The third-order valence-corrected chi connectivity index (χ3v) is 4.65. The summed E-state index contributed by atoms with van der Waals surface area (Å²) >= 11 is 1.77. The van der Waals surface area contributed by atoms with Gasteiger partial charge in [-0.2, -0.15) is 0 Å². The lowest BCUT2D eigenvalue weighted by atomic mass is 10.1. The number of hydrogen-bond donors (Lipinski definition) is 1. The summed E-state index contributed by atoms with van der Waals surface area (Å²) in [6.07, 6.45) is 3.70. The van der Waals surface area contributed by atoms with Gasteiger partial charge in [-0.1, -0.05) is 6.07 Å². The molecule has 1 amide bonds. The zero-order valence-corrected chi connectivity index (χ0v) is 11.8. The third-order valence-electron chi connectivity index (χ3n) is 3.71. The van der Waals surface area contributed by atoms with E-state index in [1.54, 1.807) is 11.3 Å². The number of aryl methyl sites for hydroxylation is 1. The first-order chi connectivity index (χ1) is 8.70. The second-order valence-corrected chi connectivity index (χ2v) is 6.20. The van der Waals surface area contributed by atoms with Gasteiger partial charge in [-0.25, -0.2) is 0 Å².